The van der Waals surface area contributed by atoms with Gasteiger partial charge < -0.3 is 45.4 Å². The van der Waals surface area contributed by atoms with Crippen LogP contribution in [0.4, 0.5) is 28.8 Å². The van der Waals surface area contributed by atoms with Crippen molar-refractivity contribution in [1.82, 2.24) is 30.8 Å². The fourth-order valence-electron chi connectivity index (χ4n) is 7.83. The second-order valence-electron chi connectivity index (χ2n) is 14.8. The van der Waals surface area contributed by atoms with Crippen molar-refractivity contribution in [2.75, 3.05) is 67.4 Å². The molecule has 6 amide bonds. The minimum Gasteiger partial charge on any atom is -0.495 e. The van der Waals surface area contributed by atoms with E-state index in [4.69, 9.17) is 14.5 Å². The van der Waals surface area contributed by atoms with Crippen molar-refractivity contribution in [3.8, 4) is 5.75 Å². The number of nitrogens with zero attached hydrogens (tertiary/aromatic N) is 5. The molecule has 0 radical (unpaired) electrons. The van der Waals surface area contributed by atoms with Crippen LogP contribution in [-0.4, -0.2) is 115 Å². The maximum absolute atomic E-state index is 13.2. The molecule has 3 aliphatic heterocycles. The molecule has 1 fully saturated rings. The standard InChI is InChI=1S/C42H54N10O8/c1-6-26(7-2)52-31(8-3)41(58)50(4)33-23-45-42(49-37(33)52)47-30-13-12-25(22-34(30)59-5)38(55)44-19-21-60-20-18-43-17-16-36(54)46-29-11-9-10-27-28(29)24-51(40(27)57)32-14-15-35(53)48-39(32)56/h9-13,22-23,26,31-32,43H,6-8,14-21,24H2,1-5H3,(H,44,55)(H,46,54)(H,45,47,49)(H,48,53,56)/t31-,32?/m1/s1. The predicted octanol–water partition coefficient (Wildman–Crippen LogP) is 3.10. The molecule has 18 nitrogen and oxygen atoms in total. The number of nitrogens with one attached hydrogen (secondary N) is 5. The van der Waals surface area contributed by atoms with Crippen molar-refractivity contribution >= 4 is 64.3 Å². The van der Waals surface area contributed by atoms with Gasteiger partial charge in [-0.2, -0.15) is 4.98 Å². The SMILES string of the molecule is CCC(CC)N1c2nc(Nc3ccc(C(=O)NCCOCCNCCC(=O)Nc4cccc5c4CN(C4CCC(=O)NC4=O)C5=O)cc3OC)ncc2N(C)C(=O)[C@H]1CC. The molecule has 4 heterocycles. The first-order valence-electron chi connectivity index (χ1n) is 20.5. The number of carbonyl (C=O) groups is 6. The summed E-state index contributed by atoms with van der Waals surface area (Å²) < 4.78 is 11.3. The lowest BCUT2D eigenvalue weighted by Gasteiger charge is -2.44. The van der Waals surface area contributed by atoms with Crippen LogP contribution in [0.15, 0.2) is 42.6 Å². The summed E-state index contributed by atoms with van der Waals surface area (Å²) in [6.07, 6.45) is 4.63. The zero-order valence-electron chi connectivity index (χ0n) is 34.8. The number of ether oxygens (including phenoxy) is 2. The molecule has 3 aromatic rings. The highest BCUT2D eigenvalue weighted by molar-refractivity contribution is 6.07. The van der Waals surface area contributed by atoms with Crippen molar-refractivity contribution < 1.29 is 38.2 Å². The number of benzene rings is 2. The summed E-state index contributed by atoms with van der Waals surface area (Å²) in [4.78, 5) is 90.5. The van der Waals surface area contributed by atoms with E-state index in [1.165, 1.54) is 12.0 Å². The van der Waals surface area contributed by atoms with Crippen LogP contribution >= 0.6 is 0 Å². The minimum atomic E-state index is -0.734. The van der Waals surface area contributed by atoms with Gasteiger partial charge in [-0.05, 0) is 56.0 Å². The van der Waals surface area contributed by atoms with Gasteiger partial charge in [-0.15, -0.1) is 0 Å². The number of hydrogen-bond donors (Lipinski definition) is 5. The fraction of sp³-hybridized carbons (Fsp3) is 0.476. The first kappa shape index (κ1) is 43.4. The Morgan fingerprint density at radius 1 is 1.00 bits per heavy atom. The van der Waals surface area contributed by atoms with E-state index >= 15 is 0 Å². The Hall–Kier alpha value is -6.14. The zero-order chi connectivity index (χ0) is 42.9. The van der Waals surface area contributed by atoms with Crippen LogP contribution in [0.1, 0.15) is 85.6 Å². The van der Waals surface area contributed by atoms with Crippen LogP contribution in [0.25, 0.3) is 0 Å². The Morgan fingerprint density at radius 2 is 1.78 bits per heavy atom. The van der Waals surface area contributed by atoms with Gasteiger partial charge in [-0.25, -0.2) is 4.98 Å². The molecule has 3 aliphatic rings. The fourth-order valence-corrected chi connectivity index (χ4v) is 7.83. The van der Waals surface area contributed by atoms with E-state index in [0.717, 1.165) is 12.8 Å². The third-order valence-electron chi connectivity index (χ3n) is 11.1. The van der Waals surface area contributed by atoms with E-state index in [1.54, 1.807) is 54.5 Å². The maximum Gasteiger partial charge on any atom is 0.255 e. The number of likely N-dealkylation sites (N-methyl/N-ethyl adjacent to an activating group) is 1. The molecule has 0 spiro atoms. The van der Waals surface area contributed by atoms with Gasteiger partial charge in [0.1, 0.15) is 23.5 Å². The molecular formula is C42H54N10O8. The normalized spacial score (nSPS) is 17.4. The van der Waals surface area contributed by atoms with Crippen molar-refractivity contribution in [2.24, 2.45) is 0 Å². The summed E-state index contributed by atoms with van der Waals surface area (Å²) in [7, 11) is 3.27. The highest BCUT2D eigenvalue weighted by Gasteiger charge is 2.41. The molecule has 0 aliphatic carbocycles. The third kappa shape index (κ3) is 9.50. The second kappa shape index (κ2) is 19.7. The first-order chi connectivity index (χ1) is 29.0. The summed E-state index contributed by atoms with van der Waals surface area (Å²) in [6, 6.07) is 9.20. The molecule has 6 rings (SSSR count). The molecule has 5 N–H and O–H groups in total. The number of carbonyl (C=O) groups excluding carboxylic acids is 6. The summed E-state index contributed by atoms with van der Waals surface area (Å²) in [5, 5.41) is 14.4. The van der Waals surface area contributed by atoms with Crippen LogP contribution in [0.3, 0.4) is 0 Å². The average molecular weight is 827 g/mol. The molecule has 18 heteroatoms. The lowest BCUT2D eigenvalue weighted by atomic mass is 10.0. The molecule has 1 unspecified atom stereocenters. The number of imide groups is 1. The smallest absolute Gasteiger partial charge is 0.255 e. The zero-order valence-corrected chi connectivity index (χ0v) is 34.8. The Bertz CT molecular complexity index is 2110. The van der Waals surface area contributed by atoms with Crippen molar-refractivity contribution in [1.29, 1.82) is 0 Å². The van der Waals surface area contributed by atoms with E-state index in [2.05, 4.69) is 50.3 Å². The molecule has 2 atom stereocenters. The second-order valence-corrected chi connectivity index (χ2v) is 14.8. The Kier molecular flexibility index (Phi) is 14.3. The van der Waals surface area contributed by atoms with Gasteiger partial charge in [0.05, 0.1) is 32.2 Å². The molecule has 0 saturated carbocycles. The first-order valence-corrected chi connectivity index (χ1v) is 20.5. The highest BCUT2D eigenvalue weighted by atomic mass is 16.5. The number of methoxy groups -OCH3 is 1. The van der Waals surface area contributed by atoms with E-state index in [0.29, 0.717) is 77.4 Å². The molecule has 60 heavy (non-hydrogen) atoms. The minimum absolute atomic E-state index is 0.0223. The van der Waals surface area contributed by atoms with E-state index in [-0.39, 0.29) is 80.6 Å². The monoisotopic (exact) mass is 826 g/mol. The molecule has 0 bridgehead atoms. The molecular weight excluding hydrogens is 773 g/mol. The van der Waals surface area contributed by atoms with Crippen LogP contribution in [0.2, 0.25) is 0 Å². The van der Waals surface area contributed by atoms with Crippen molar-refractivity contribution in [3.05, 3.63) is 59.3 Å². The number of aromatic nitrogens is 2. The Labute approximate surface area is 349 Å². The number of fused-ring (bicyclic) bond motifs is 2. The summed E-state index contributed by atoms with van der Waals surface area (Å²) in [5.41, 5.74) is 3.20. The van der Waals surface area contributed by atoms with Crippen molar-refractivity contribution in [2.45, 2.75) is 84.0 Å². The average Bonchev–Trinajstić information content (AvgIpc) is 3.58. The molecule has 1 aromatic heterocycles. The van der Waals surface area contributed by atoms with E-state index in [9.17, 15) is 28.8 Å². The van der Waals surface area contributed by atoms with Crippen LogP contribution in [0, 0.1) is 0 Å². The number of hydrogen-bond acceptors (Lipinski definition) is 13. The van der Waals surface area contributed by atoms with Crippen molar-refractivity contribution in [3.63, 3.8) is 0 Å². The lowest BCUT2D eigenvalue weighted by Crippen LogP contribution is -2.56. The number of anilines is 5. The lowest BCUT2D eigenvalue weighted by molar-refractivity contribution is -0.137. The Morgan fingerprint density at radius 3 is 2.52 bits per heavy atom. The van der Waals surface area contributed by atoms with Gasteiger partial charge in [-0.1, -0.05) is 26.8 Å². The third-order valence-corrected chi connectivity index (χ3v) is 11.1. The van der Waals surface area contributed by atoms with Gasteiger partial charge in [-0.3, -0.25) is 34.1 Å². The number of piperidine rings is 1. The van der Waals surface area contributed by atoms with E-state index in [1.807, 2.05) is 6.92 Å². The number of amides is 6. The van der Waals surface area contributed by atoms with Gasteiger partial charge in [0.2, 0.25) is 29.6 Å². The topological polar surface area (TPSA) is 217 Å². The maximum atomic E-state index is 13.2. The number of rotatable bonds is 19. The van der Waals surface area contributed by atoms with E-state index < -0.39 is 11.9 Å². The highest BCUT2D eigenvalue weighted by Crippen LogP contribution is 2.38. The summed E-state index contributed by atoms with van der Waals surface area (Å²) in [6.45, 7) is 8.19. The molecule has 2 aromatic carbocycles. The molecule has 1 saturated heterocycles. The predicted molar refractivity (Wildman–Crippen MR) is 224 cm³/mol. The van der Waals surface area contributed by atoms with Crippen LogP contribution in [-0.2, 0) is 30.5 Å². The van der Waals surface area contributed by atoms with Gasteiger partial charge in [0.15, 0.2) is 5.82 Å². The Balaban J connectivity index is 0.911. The van der Waals surface area contributed by atoms with Gasteiger partial charge in [0.25, 0.3) is 11.8 Å². The molecule has 320 valence electrons. The summed E-state index contributed by atoms with van der Waals surface area (Å²) in [5.74, 6) is -0.198. The summed E-state index contributed by atoms with van der Waals surface area (Å²) >= 11 is 0. The largest absolute Gasteiger partial charge is 0.495 e. The van der Waals surface area contributed by atoms with Gasteiger partial charge >= 0.3 is 0 Å². The van der Waals surface area contributed by atoms with Crippen LogP contribution in [0.5, 0.6) is 5.75 Å². The quantitative estimate of drug-likeness (QED) is 0.0869. The van der Waals surface area contributed by atoms with Gasteiger partial charge in [0, 0.05) is 74.5 Å². The van der Waals surface area contributed by atoms with Crippen LogP contribution < -0.4 is 41.1 Å².